The van der Waals surface area contributed by atoms with Crippen LogP contribution in [0.25, 0.3) is 0 Å². The summed E-state index contributed by atoms with van der Waals surface area (Å²) in [7, 11) is 0. The van der Waals surface area contributed by atoms with E-state index in [0.717, 1.165) is 97.0 Å². The quantitative estimate of drug-likeness (QED) is 0.0629. The Morgan fingerprint density at radius 1 is 0.627 bits per heavy atom. The standard InChI is InChI=1S/C31H45N3O3.C22H35N3O4.C8H11N/c1-19(2)12-22-14-26(15-22)34-30(23-10-11-23)29(32-33-34)25(18-28(36)37-31(5,6)7)17-27(35)16-24-9-8-20(3)13-21(24)4;1-13(2)8-14-9-17(10-14)25-21(15-6-7-15)20(23-24-25)16(11-18(26)27)12-19(28)29-22(3,4)5;1-6-3-4-8(9)7(2)5-6/h8-9,13,19,22-23,25-26H,10-12,14-18H2,1-7H3;13-17H,6-12H2,1-5H3,(H,26,27);3-5H,9H2,1-2H3. The van der Waals surface area contributed by atoms with E-state index in [0.29, 0.717) is 47.9 Å². The largest absolute Gasteiger partial charge is 0.481 e. The SMILES string of the molecule is CC(C)CC1CC(n2nnc(C(CC(=O)O)CC(=O)OC(C)(C)C)c2C2CC2)C1.Cc1ccc(CC(=O)CC(CC(=O)OC(C)(C)C)c2nnn(C3CC(CC(C)C)C3)c2C2CC2)c(C)c1.Cc1ccc(N)c(C)c1. The van der Waals surface area contributed by atoms with Gasteiger partial charge >= 0.3 is 17.9 Å². The normalized spacial score (nSPS) is 20.2. The third-order valence-corrected chi connectivity index (χ3v) is 14.8. The number of carbonyl (C=O) groups is 4. The van der Waals surface area contributed by atoms with Crippen molar-refractivity contribution in [1.29, 1.82) is 0 Å². The van der Waals surface area contributed by atoms with E-state index in [4.69, 9.17) is 15.2 Å². The highest BCUT2D eigenvalue weighted by molar-refractivity contribution is 5.83. The van der Waals surface area contributed by atoms with E-state index in [-0.39, 0.29) is 49.3 Å². The minimum atomic E-state index is -0.935. The van der Waals surface area contributed by atoms with Crippen LogP contribution in [0, 0.1) is 51.4 Å². The number of ketones is 1. The zero-order valence-electron chi connectivity index (χ0n) is 48.0. The number of carbonyl (C=O) groups excluding carboxylic acids is 3. The molecule has 0 aliphatic heterocycles. The van der Waals surface area contributed by atoms with Crippen molar-refractivity contribution in [2.45, 2.75) is 240 Å². The summed E-state index contributed by atoms with van der Waals surface area (Å²) >= 11 is 0. The van der Waals surface area contributed by atoms with Gasteiger partial charge in [0.25, 0.3) is 0 Å². The molecule has 0 bridgehead atoms. The first kappa shape index (κ1) is 58.9. The fraction of sp³-hybridized carbons (Fsp3) is 0.672. The molecule has 4 aliphatic carbocycles. The first-order chi connectivity index (χ1) is 35.1. The Morgan fingerprint density at radius 2 is 1.04 bits per heavy atom. The van der Waals surface area contributed by atoms with Crippen molar-refractivity contribution in [2.75, 3.05) is 5.73 Å². The third kappa shape index (κ3) is 17.8. The number of nitrogens with two attached hydrogens (primary N) is 1. The highest BCUT2D eigenvalue weighted by Gasteiger charge is 2.42. The summed E-state index contributed by atoms with van der Waals surface area (Å²) in [5.74, 6) is 1.41. The number of aromatic nitrogens is 6. The van der Waals surface area contributed by atoms with Crippen molar-refractivity contribution >= 4 is 29.4 Å². The number of nitrogens with zero attached hydrogens (tertiary/aromatic N) is 6. The Morgan fingerprint density at radius 3 is 1.40 bits per heavy atom. The number of esters is 2. The van der Waals surface area contributed by atoms with Crippen molar-refractivity contribution < 1.29 is 33.8 Å². The van der Waals surface area contributed by atoms with Gasteiger partial charge in [-0.3, -0.25) is 19.2 Å². The van der Waals surface area contributed by atoms with Gasteiger partial charge in [-0.2, -0.15) is 0 Å². The van der Waals surface area contributed by atoms with Crippen LogP contribution in [0.1, 0.15) is 245 Å². The van der Waals surface area contributed by atoms with Crippen LogP contribution in [0.5, 0.6) is 0 Å². The van der Waals surface area contributed by atoms with Crippen LogP contribution in [0.4, 0.5) is 5.69 Å². The molecule has 2 atom stereocenters. The fourth-order valence-corrected chi connectivity index (χ4v) is 11.1. The lowest BCUT2D eigenvalue weighted by molar-refractivity contribution is -0.156. The van der Waals surface area contributed by atoms with E-state index in [2.05, 4.69) is 92.0 Å². The smallest absolute Gasteiger partial charge is 0.307 e. The molecule has 0 radical (unpaired) electrons. The molecule has 4 fully saturated rings. The van der Waals surface area contributed by atoms with Gasteiger partial charge in [0, 0.05) is 42.2 Å². The number of Topliss-reactive ketones (excluding diaryl/α,β-unsaturated/α-hetero) is 1. The summed E-state index contributed by atoms with van der Waals surface area (Å²) in [4.78, 5) is 50.2. The van der Waals surface area contributed by atoms with Gasteiger partial charge in [-0.25, -0.2) is 9.36 Å². The number of aliphatic carboxylic acids is 1. The molecule has 0 spiro atoms. The number of nitrogen functional groups attached to an aromatic ring is 1. The number of carboxylic acid groups (broad SMARTS) is 1. The van der Waals surface area contributed by atoms with Gasteiger partial charge in [-0.1, -0.05) is 79.6 Å². The summed E-state index contributed by atoms with van der Waals surface area (Å²) in [6.07, 6.45) is 12.0. The predicted molar refractivity (Wildman–Crippen MR) is 295 cm³/mol. The third-order valence-electron chi connectivity index (χ3n) is 14.8. The molecule has 2 heterocycles. The number of anilines is 1. The molecule has 8 rings (SSSR count). The summed E-state index contributed by atoms with van der Waals surface area (Å²) in [6.45, 7) is 28.3. The molecule has 0 saturated heterocycles. The van der Waals surface area contributed by atoms with Crippen LogP contribution in [0.15, 0.2) is 36.4 Å². The molecule has 14 nitrogen and oxygen atoms in total. The van der Waals surface area contributed by atoms with E-state index in [1.807, 2.05) is 71.3 Å². The van der Waals surface area contributed by atoms with Gasteiger partial charge < -0.3 is 20.3 Å². The maximum absolute atomic E-state index is 13.3. The van der Waals surface area contributed by atoms with Gasteiger partial charge in [0.05, 0.1) is 54.1 Å². The Kier molecular flexibility index (Phi) is 19.8. The van der Waals surface area contributed by atoms with Gasteiger partial charge in [0.1, 0.15) is 17.0 Å². The van der Waals surface area contributed by atoms with Crippen molar-refractivity contribution in [3.8, 4) is 0 Å². The molecule has 4 saturated carbocycles. The zero-order chi connectivity index (χ0) is 55.1. The molecule has 2 aromatic heterocycles. The van der Waals surface area contributed by atoms with Gasteiger partial charge in [-0.15, -0.1) is 10.2 Å². The number of hydrogen-bond donors (Lipinski definition) is 2. The van der Waals surface area contributed by atoms with E-state index in [1.54, 1.807) is 0 Å². The van der Waals surface area contributed by atoms with Gasteiger partial charge in [0.15, 0.2) is 0 Å². The second kappa shape index (κ2) is 25.2. The Hall–Kier alpha value is -5.40. The Labute approximate surface area is 448 Å². The van der Waals surface area contributed by atoms with Gasteiger partial charge in [0.2, 0.25) is 0 Å². The molecule has 412 valence electrons. The lowest BCUT2D eigenvalue weighted by Gasteiger charge is -2.37. The first-order valence-corrected chi connectivity index (χ1v) is 28.1. The predicted octanol–water partition coefficient (Wildman–Crippen LogP) is 13.1. The Balaban J connectivity index is 0.000000213. The molecule has 0 amide bonds. The summed E-state index contributed by atoms with van der Waals surface area (Å²) in [6, 6.07) is 13.0. The van der Waals surface area contributed by atoms with Crippen LogP contribution < -0.4 is 5.73 Å². The minimum absolute atomic E-state index is 0.0165. The number of hydrogen-bond acceptors (Lipinski definition) is 11. The number of aryl methyl sites for hydroxylation is 4. The average molecular weight is 1030 g/mol. The lowest BCUT2D eigenvalue weighted by Crippen LogP contribution is -2.30. The highest BCUT2D eigenvalue weighted by Crippen LogP contribution is 2.50. The average Bonchev–Trinajstić information content (AvgIpc) is 4.19. The van der Waals surface area contributed by atoms with Crippen molar-refractivity contribution in [3.63, 3.8) is 0 Å². The highest BCUT2D eigenvalue weighted by atomic mass is 16.6. The van der Waals surface area contributed by atoms with Crippen LogP contribution in [-0.4, -0.2) is 70.0 Å². The Bertz CT molecular complexity index is 2580. The van der Waals surface area contributed by atoms with Crippen molar-refractivity contribution in [1.82, 2.24) is 30.0 Å². The molecule has 3 N–H and O–H groups in total. The van der Waals surface area contributed by atoms with Gasteiger partial charge in [-0.05, 0) is 180 Å². The number of carboxylic acids is 1. The van der Waals surface area contributed by atoms with Crippen molar-refractivity contribution in [2.24, 2.45) is 23.7 Å². The summed E-state index contributed by atoms with van der Waals surface area (Å²) in [5.41, 5.74) is 14.8. The molecular formula is C61H91N7O7. The van der Waals surface area contributed by atoms with E-state index >= 15 is 0 Å². The van der Waals surface area contributed by atoms with Crippen LogP contribution in [-0.2, 0) is 35.1 Å². The maximum Gasteiger partial charge on any atom is 0.307 e. The first-order valence-electron chi connectivity index (χ1n) is 28.1. The molecule has 4 aromatic rings. The molecule has 2 unspecified atom stereocenters. The van der Waals surface area contributed by atoms with Crippen LogP contribution >= 0.6 is 0 Å². The monoisotopic (exact) mass is 1030 g/mol. The maximum atomic E-state index is 13.3. The molecule has 14 heteroatoms. The van der Waals surface area contributed by atoms with E-state index < -0.39 is 23.1 Å². The number of rotatable bonds is 20. The number of benzene rings is 2. The van der Waals surface area contributed by atoms with E-state index in [1.165, 1.54) is 29.7 Å². The molecular weight excluding hydrogens is 943 g/mol. The lowest BCUT2D eigenvalue weighted by atomic mass is 9.75. The van der Waals surface area contributed by atoms with Crippen LogP contribution in [0.2, 0.25) is 0 Å². The fourth-order valence-electron chi connectivity index (χ4n) is 11.1. The van der Waals surface area contributed by atoms with E-state index in [9.17, 15) is 24.3 Å². The minimum Gasteiger partial charge on any atom is -0.481 e. The number of ether oxygens (including phenoxy) is 2. The van der Waals surface area contributed by atoms with Crippen molar-refractivity contribution in [3.05, 3.63) is 87.0 Å². The second-order valence-electron chi connectivity index (χ2n) is 25.7. The molecule has 2 aromatic carbocycles. The topological polar surface area (TPSA) is 194 Å². The molecule has 4 aliphatic rings. The molecule has 75 heavy (non-hydrogen) atoms. The second-order valence-corrected chi connectivity index (χ2v) is 25.7. The zero-order valence-corrected chi connectivity index (χ0v) is 48.0. The summed E-state index contributed by atoms with van der Waals surface area (Å²) in [5, 5.41) is 27.6. The van der Waals surface area contributed by atoms with Crippen LogP contribution in [0.3, 0.4) is 0 Å². The summed E-state index contributed by atoms with van der Waals surface area (Å²) < 4.78 is 15.3.